The van der Waals surface area contributed by atoms with Crippen LogP contribution in [0.5, 0.6) is 0 Å². The average molecular weight is 474 g/mol. The predicted molar refractivity (Wildman–Crippen MR) is 126 cm³/mol. The number of aromatic nitrogens is 3. The van der Waals surface area contributed by atoms with Crippen LogP contribution >= 0.6 is 0 Å². The van der Waals surface area contributed by atoms with Crippen LogP contribution in [0.15, 0.2) is 48.7 Å². The second kappa shape index (κ2) is 9.24. The first-order chi connectivity index (χ1) is 16.2. The van der Waals surface area contributed by atoms with Crippen molar-refractivity contribution in [2.24, 2.45) is 0 Å². The number of aryl methyl sites for hydroxylation is 1. The van der Waals surface area contributed by atoms with Crippen molar-refractivity contribution < 1.29 is 17.9 Å². The fourth-order valence-electron chi connectivity index (χ4n) is 3.89. The number of halogens is 3. The number of pyridine rings is 1. The number of benzene rings is 1. The third kappa shape index (κ3) is 4.78. The molecule has 0 amide bonds. The maximum Gasteiger partial charge on any atom is 0.424 e. The van der Waals surface area contributed by atoms with Gasteiger partial charge in [-0.1, -0.05) is 17.7 Å². The Morgan fingerprint density at radius 3 is 2.29 bits per heavy atom. The molecule has 11 heteroatoms. The monoisotopic (exact) mass is 473 g/mol. The van der Waals surface area contributed by atoms with Crippen LogP contribution in [-0.4, -0.2) is 50.2 Å². The Labute approximate surface area is 195 Å². The van der Waals surface area contributed by atoms with Crippen molar-refractivity contribution in [1.82, 2.24) is 9.97 Å². The van der Waals surface area contributed by atoms with E-state index in [4.69, 9.17) is 4.98 Å². The molecule has 0 spiro atoms. The zero-order valence-electron chi connectivity index (χ0n) is 19.2. The summed E-state index contributed by atoms with van der Waals surface area (Å²) in [5.41, 5.74) is 1.18. The van der Waals surface area contributed by atoms with E-state index in [2.05, 4.69) is 10.3 Å². The highest BCUT2D eigenvalue weighted by Crippen LogP contribution is 2.35. The van der Waals surface area contributed by atoms with Gasteiger partial charge in [0.25, 0.3) is 5.82 Å². The molecule has 1 aliphatic rings. The van der Waals surface area contributed by atoms with E-state index in [9.17, 15) is 18.4 Å². The molecular weight excluding hydrogens is 447 g/mol. The first-order valence-corrected chi connectivity index (χ1v) is 10.8. The van der Waals surface area contributed by atoms with Crippen LogP contribution in [0.25, 0.3) is 0 Å². The van der Waals surface area contributed by atoms with Gasteiger partial charge >= 0.3 is 6.18 Å². The van der Waals surface area contributed by atoms with Crippen molar-refractivity contribution in [3.05, 3.63) is 65.0 Å². The number of alkyl halides is 3. The highest BCUT2D eigenvalue weighted by molar-refractivity contribution is 5.64. The molecule has 0 saturated carbocycles. The Morgan fingerprint density at radius 1 is 1.03 bits per heavy atom. The van der Waals surface area contributed by atoms with Gasteiger partial charge in [-0.25, -0.2) is 4.73 Å². The molecule has 0 radical (unpaired) electrons. The van der Waals surface area contributed by atoms with E-state index in [1.807, 2.05) is 54.1 Å². The molecular formula is C23H26F3N7O. The average Bonchev–Trinajstić information content (AvgIpc) is 2.83. The normalized spacial score (nSPS) is 14.3. The predicted octanol–water partition coefficient (Wildman–Crippen LogP) is 3.57. The van der Waals surface area contributed by atoms with E-state index in [-0.39, 0.29) is 23.6 Å². The van der Waals surface area contributed by atoms with Crippen LogP contribution in [-0.2, 0) is 6.18 Å². The van der Waals surface area contributed by atoms with E-state index in [1.54, 1.807) is 7.05 Å². The molecule has 3 aromatic rings. The molecule has 0 atom stereocenters. The lowest BCUT2D eigenvalue weighted by atomic mass is 10.2. The van der Waals surface area contributed by atoms with Gasteiger partial charge in [0.05, 0.1) is 19.3 Å². The van der Waals surface area contributed by atoms with Crippen LogP contribution in [0, 0.1) is 12.1 Å². The summed E-state index contributed by atoms with van der Waals surface area (Å²) >= 11 is 0. The molecule has 1 N–H and O–H groups in total. The minimum absolute atomic E-state index is 0.228. The van der Waals surface area contributed by atoms with E-state index in [0.717, 1.165) is 29.6 Å². The number of rotatable bonds is 5. The molecule has 4 rings (SSSR count). The van der Waals surface area contributed by atoms with Crippen molar-refractivity contribution in [2.75, 3.05) is 60.3 Å². The summed E-state index contributed by atoms with van der Waals surface area (Å²) in [5.74, 6) is 1.40. The molecule has 0 bridgehead atoms. The number of nitrogens with one attached hydrogen (secondary N) is 1. The SMILES string of the molecule is CNc1cc(N(C)c2ccc(C)cc2)nc(N2CCN(c3c(C(F)(F)F)ccc[n+]3[O-])CC2)n1. The molecule has 0 unspecified atom stereocenters. The molecule has 0 aliphatic carbocycles. The lowest BCUT2D eigenvalue weighted by molar-refractivity contribution is -0.593. The zero-order chi connectivity index (χ0) is 24.5. The van der Waals surface area contributed by atoms with Crippen molar-refractivity contribution in [3.8, 4) is 0 Å². The maximum absolute atomic E-state index is 13.5. The Kier molecular flexibility index (Phi) is 6.36. The smallest absolute Gasteiger partial charge is 0.424 e. The quantitative estimate of drug-likeness (QED) is 0.449. The number of piperazine rings is 1. The Balaban J connectivity index is 1.56. The van der Waals surface area contributed by atoms with Gasteiger partial charge in [0.2, 0.25) is 5.95 Å². The van der Waals surface area contributed by atoms with E-state index < -0.39 is 11.7 Å². The molecule has 1 saturated heterocycles. The molecule has 180 valence electrons. The molecule has 34 heavy (non-hydrogen) atoms. The van der Waals surface area contributed by atoms with Gasteiger partial charge in [0, 0.05) is 25.8 Å². The summed E-state index contributed by atoms with van der Waals surface area (Å²) in [6.07, 6.45) is -3.52. The minimum Gasteiger partial charge on any atom is -0.711 e. The van der Waals surface area contributed by atoms with Gasteiger partial charge in [0.15, 0.2) is 0 Å². The summed E-state index contributed by atoms with van der Waals surface area (Å²) < 4.78 is 40.7. The van der Waals surface area contributed by atoms with Crippen LogP contribution in [0.3, 0.4) is 0 Å². The Morgan fingerprint density at radius 2 is 1.68 bits per heavy atom. The molecule has 1 aliphatic heterocycles. The number of hydrogen-bond donors (Lipinski definition) is 1. The Hall–Kier alpha value is -3.76. The molecule has 3 heterocycles. The van der Waals surface area contributed by atoms with Gasteiger partial charge in [-0.2, -0.15) is 23.1 Å². The molecule has 2 aromatic heterocycles. The standard InChI is InChI=1S/C23H26F3N7O/c1-16-6-8-17(9-7-16)30(3)20-15-19(27-2)28-22(29-20)32-13-11-31(12-14-32)21-18(23(24,25)26)5-4-10-33(21)34/h4-10,15H,11-14H2,1-3H3,(H,27,28,29). The topological polar surface area (TPSA) is 74.5 Å². The van der Waals surface area contributed by atoms with E-state index >= 15 is 0 Å². The van der Waals surface area contributed by atoms with Crippen molar-refractivity contribution >= 4 is 29.1 Å². The number of nitrogens with zero attached hydrogens (tertiary/aromatic N) is 6. The number of hydrogen-bond acceptors (Lipinski definition) is 7. The third-order valence-electron chi connectivity index (χ3n) is 5.82. The summed E-state index contributed by atoms with van der Waals surface area (Å²) in [6, 6.07) is 11.9. The van der Waals surface area contributed by atoms with Gasteiger partial charge in [-0.05, 0) is 31.2 Å². The second-order valence-corrected chi connectivity index (χ2v) is 8.10. The van der Waals surface area contributed by atoms with Gasteiger partial charge in [0.1, 0.15) is 30.3 Å². The van der Waals surface area contributed by atoms with Crippen molar-refractivity contribution in [1.29, 1.82) is 0 Å². The summed E-state index contributed by atoms with van der Waals surface area (Å²) in [7, 11) is 3.68. The summed E-state index contributed by atoms with van der Waals surface area (Å²) in [5, 5.41) is 15.3. The van der Waals surface area contributed by atoms with Gasteiger partial charge in [-0.3, -0.25) is 4.90 Å². The fraction of sp³-hybridized carbons (Fsp3) is 0.348. The van der Waals surface area contributed by atoms with E-state index in [1.165, 1.54) is 4.90 Å². The minimum atomic E-state index is -4.61. The van der Waals surface area contributed by atoms with Crippen molar-refractivity contribution in [2.45, 2.75) is 13.1 Å². The van der Waals surface area contributed by atoms with Gasteiger partial charge in [-0.15, -0.1) is 0 Å². The van der Waals surface area contributed by atoms with Crippen molar-refractivity contribution in [3.63, 3.8) is 0 Å². The molecule has 1 aromatic carbocycles. The van der Waals surface area contributed by atoms with Crippen LogP contribution in [0.4, 0.5) is 42.3 Å². The summed E-state index contributed by atoms with van der Waals surface area (Å²) in [6.45, 7) is 3.21. The first-order valence-electron chi connectivity index (χ1n) is 10.8. The maximum atomic E-state index is 13.5. The van der Waals surface area contributed by atoms with Crippen LogP contribution in [0.1, 0.15) is 11.1 Å². The fourth-order valence-corrected chi connectivity index (χ4v) is 3.89. The van der Waals surface area contributed by atoms with Gasteiger partial charge < -0.3 is 20.3 Å². The van der Waals surface area contributed by atoms with E-state index in [0.29, 0.717) is 30.7 Å². The first kappa shape index (κ1) is 23.4. The lowest BCUT2D eigenvalue weighted by Crippen LogP contribution is -2.51. The lowest BCUT2D eigenvalue weighted by Gasteiger charge is -2.33. The van der Waals surface area contributed by atoms with Crippen LogP contribution in [0.2, 0.25) is 0 Å². The largest absolute Gasteiger partial charge is 0.711 e. The highest BCUT2D eigenvalue weighted by atomic mass is 19.4. The second-order valence-electron chi connectivity index (χ2n) is 8.10. The third-order valence-corrected chi connectivity index (χ3v) is 5.82. The molecule has 8 nitrogen and oxygen atoms in total. The summed E-state index contributed by atoms with van der Waals surface area (Å²) in [4.78, 5) is 14.6. The zero-order valence-corrected chi connectivity index (χ0v) is 19.2. The highest BCUT2D eigenvalue weighted by Gasteiger charge is 2.40. The van der Waals surface area contributed by atoms with Crippen LogP contribution < -0.4 is 24.7 Å². The Bertz CT molecular complexity index is 1150. The number of anilines is 5. The molecule has 1 fully saturated rings.